The number of ether oxygens (including phenoxy) is 3. The Morgan fingerprint density at radius 2 is 1.76 bits per heavy atom. The van der Waals surface area contributed by atoms with E-state index in [4.69, 9.17) is 24.4 Å². The van der Waals surface area contributed by atoms with Gasteiger partial charge in [0.1, 0.15) is 0 Å². The smallest absolute Gasteiger partial charge is 0.247 e. The van der Waals surface area contributed by atoms with Crippen molar-refractivity contribution < 1.29 is 24.1 Å². The second-order valence-corrected chi connectivity index (χ2v) is 8.80. The number of allylic oxidation sites excluding steroid dienone is 2. The Hall–Kier alpha value is -2.42. The lowest BCUT2D eigenvalue weighted by Crippen LogP contribution is -2.52. The Morgan fingerprint density at radius 1 is 1.03 bits per heavy atom. The summed E-state index contributed by atoms with van der Waals surface area (Å²) < 4.78 is 16.3. The largest absolute Gasteiger partial charge is 0.493 e. The number of hydrazone groups is 1. The number of rotatable bonds is 9. The molecule has 1 saturated heterocycles. The summed E-state index contributed by atoms with van der Waals surface area (Å²) in [7, 11) is 3.26. The number of fused-ring (bicyclic) bond motifs is 1. The summed E-state index contributed by atoms with van der Waals surface area (Å²) in [6.07, 6.45) is 7.65. The molecule has 0 unspecified atom stereocenters. The lowest BCUT2D eigenvalue weighted by molar-refractivity contribution is -0.141. The predicted molar refractivity (Wildman–Crippen MR) is 126 cm³/mol. The van der Waals surface area contributed by atoms with Crippen LogP contribution in [0.3, 0.4) is 0 Å². The van der Waals surface area contributed by atoms with Gasteiger partial charge in [-0.2, -0.15) is 5.10 Å². The highest BCUT2D eigenvalue weighted by Gasteiger charge is 2.42. The summed E-state index contributed by atoms with van der Waals surface area (Å²) in [4.78, 5) is 15.8. The molecule has 8 heteroatoms. The van der Waals surface area contributed by atoms with Gasteiger partial charge in [0, 0.05) is 31.1 Å². The third-order valence-electron chi connectivity index (χ3n) is 6.91. The zero-order chi connectivity index (χ0) is 23.2. The van der Waals surface area contributed by atoms with Crippen molar-refractivity contribution in [3.63, 3.8) is 0 Å². The van der Waals surface area contributed by atoms with Gasteiger partial charge >= 0.3 is 0 Å². The molecule has 1 fully saturated rings. The molecule has 180 valence electrons. The molecular formula is C25H35N3O5. The molecule has 2 aliphatic heterocycles. The highest BCUT2D eigenvalue weighted by atomic mass is 16.5. The van der Waals surface area contributed by atoms with Gasteiger partial charge in [0.05, 0.1) is 51.7 Å². The fraction of sp³-hybridized carbons (Fsp3) is 0.600. The first kappa shape index (κ1) is 23.7. The van der Waals surface area contributed by atoms with E-state index in [-0.39, 0.29) is 30.4 Å². The van der Waals surface area contributed by atoms with Gasteiger partial charge in [-0.05, 0) is 43.9 Å². The van der Waals surface area contributed by atoms with Gasteiger partial charge in [-0.15, -0.1) is 0 Å². The van der Waals surface area contributed by atoms with Crippen LogP contribution >= 0.6 is 0 Å². The van der Waals surface area contributed by atoms with E-state index in [1.165, 1.54) is 0 Å². The van der Waals surface area contributed by atoms with E-state index in [1.54, 1.807) is 19.2 Å². The van der Waals surface area contributed by atoms with Gasteiger partial charge in [-0.1, -0.05) is 12.2 Å². The molecule has 2 atom stereocenters. The average Bonchev–Trinajstić information content (AvgIpc) is 2.87. The molecule has 33 heavy (non-hydrogen) atoms. The van der Waals surface area contributed by atoms with E-state index >= 15 is 0 Å². The van der Waals surface area contributed by atoms with Crippen LogP contribution in [0.25, 0.3) is 0 Å². The van der Waals surface area contributed by atoms with Crippen molar-refractivity contribution in [2.75, 3.05) is 53.7 Å². The zero-order valence-electron chi connectivity index (χ0n) is 19.6. The predicted octanol–water partition coefficient (Wildman–Crippen LogP) is 2.31. The Balaban J connectivity index is 1.53. The summed E-state index contributed by atoms with van der Waals surface area (Å²) >= 11 is 0. The number of nitrogens with zero attached hydrogens (tertiary/aromatic N) is 3. The van der Waals surface area contributed by atoms with E-state index in [0.29, 0.717) is 24.7 Å². The van der Waals surface area contributed by atoms with Crippen LogP contribution < -0.4 is 9.47 Å². The van der Waals surface area contributed by atoms with Gasteiger partial charge in [0.25, 0.3) is 0 Å². The van der Waals surface area contributed by atoms with Crippen LogP contribution in [0.5, 0.6) is 11.5 Å². The van der Waals surface area contributed by atoms with Gasteiger partial charge in [-0.25, -0.2) is 5.01 Å². The van der Waals surface area contributed by atoms with Crippen molar-refractivity contribution in [3.8, 4) is 11.5 Å². The number of piperidine rings is 1. The van der Waals surface area contributed by atoms with Crippen LogP contribution in [0.1, 0.15) is 31.2 Å². The van der Waals surface area contributed by atoms with Gasteiger partial charge in [-0.3, -0.25) is 4.79 Å². The summed E-state index contributed by atoms with van der Waals surface area (Å²) in [6, 6.07) is 5.99. The minimum absolute atomic E-state index is 0.0525. The summed E-state index contributed by atoms with van der Waals surface area (Å²) in [5.41, 5.74) is 1.94. The first-order valence-corrected chi connectivity index (χ1v) is 11.9. The summed E-state index contributed by atoms with van der Waals surface area (Å²) in [5.74, 6) is 1.52. The number of likely N-dealkylation sites (tertiary alicyclic amines) is 1. The standard InChI is InChI=1S/C25H35N3O5/c1-31-22-8-7-18(17-23(22)32-2)24-20-5-3-4-6-21(20)25(30)28(26-24)19-9-11-27(12-10-19)13-15-33-16-14-29/h3-4,7-8,17,19-21,29H,5-6,9-16H2,1-2H3/t20-,21+/m0/s1. The number of methoxy groups -OCH3 is 2. The molecule has 1 aromatic carbocycles. The number of carbonyl (C=O) groups is 1. The fourth-order valence-electron chi connectivity index (χ4n) is 5.08. The first-order valence-electron chi connectivity index (χ1n) is 11.9. The second-order valence-electron chi connectivity index (χ2n) is 8.80. The molecule has 3 aliphatic rings. The topological polar surface area (TPSA) is 83.8 Å². The van der Waals surface area contributed by atoms with Crippen molar-refractivity contribution in [3.05, 3.63) is 35.9 Å². The molecule has 0 aromatic heterocycles. The highest BCUT2D eigenvalue weighted by molar-refractivity contribution is 6.07. The number of amides is 1. The molecule has 4 rings (SSSR count). The number of benzene rings is 1. The molecule has 0 spiro atoms. The van der Waals surface area contributed by atoms with Crippen LogP contribution in [-0.2, 0) is 9.53 Å². The van der Waals surface area contributed by atoms with Crippen molar-refractivity contribution >= 4 is 11.6 Å². The summed E-state index contributed by atoms with van der Waals surface area (Å²) in [5, 5.41) is 15.6. The Kier molecular flexibility index (Phi) is 8.01. The van der Waals surface area contributed by atoms with Crippen molar-refractivity contribution in [1.29, 1.82) is 0 Å². The molecule has 0 radical (unpaired) electrons. The minimum Gasteiger partial charge on any atom is -0.493 e. The highest BCUT2D eigenvalue weighted by Crippen LogP contribution is 2.38. The van der Waals surface area contributed by atoms with E-state index in [0.717, 1.165) is 56.6 Å². The van der Waals surface area contributed by atoms with E-state index < -0.39 is 0 Å². The van der Waals surface area contributed by atoms with Crippen LogP contribution in [0.15, 0.2) is 35.5 Å². The third kappa shape index (κ3) is 5.23. The number of aliphatic hydroxyl groups excluding tert-OH is 1. The summed E-state index contributed by atoms with van der Waals surface area (Å²) in [6.45, 7) is 3.71. The van der Waals surface area contributed by atoms with E-state index in [2.05, 4.69) is 17.1 Å². The Bertz CT molecular complexity index is 879. The SMILES string of the molecule is COc1ccc(C2=NN(C3CCN(CCOCCO)CC3)C(=O)[C@@H]3CC=CC[C@H]23)cc1OC. The minimum atomic E-state index is -0.0690. The molecule has 1 N–H and O–H groups in total. The average molecular weight is 458 g/mol. The van der Waals surface area contributed by atoms with Crippen LogP contribution in [0, 0.1) is 11.8 Å². The molecule has 0 saturated carbocycles. The maximum atomic E-state index is 13.5. The zero-order valence-corrected chi connectivity index (χ0v) is 19.6. The molecule has 8 nitrogen and oxygen atoms in total. The maximum Gasteiger partial charge on any atom is 0.247 e. The van der Waals surface area contributed by atoms with Crippen molar-refractivity contribution in [2.45, 2.75) is 31.7 Å². The molecule has 1 aromatic rings. The number of hydrogen-bond donors (Lipinski definition) is 1. The van der Waals surface area contributed by atoms with E-state index in [9.17, 15) is 4.79 Å². The monoisotopic (exact) mass is 457 g/mol. The van der Waals surface area contributed by atoms with Crippen LogP contribution in [0.2, 0.25) is 0 Å². The van der Waals surface area contributed by atoms with E-state index in [1.807, 2.05) is 18.2 Å². The molecule has 2 heterocycles. The molecule has 1 amide bonds. The maximum absolute atomic E-state index is 13.5. The Morgan fingerprint density at radius 3 is 2.45 bits per heavy atom. The van der Waals surface area contributed by atoms with Gasteiger partial charge in [0.2, 0.25) is 5.91 Å². The van der Waals surface area contributed by atoms with Crippen LogP contribution in [-0.4, -0.2) is 86.4 Å². The number of hydrogen-bond acceptors (Lipinski definition) is 7. The van der Waals surface area contributed by atoms with Crippen molar-refractivity contribution in [1.82, 2.24) is 9.91 Å². The van der Waals surface area contributed by atoms with Gasteiger partial charge < -0.3 is 24.2 Å². The molecule has 0 bridgehead atoms. The first-order chi connectivity index (χ1) is 16.2. The lowest BCUT2D eigenvalue weighted by atomic mass is 9.76. The number of aliphatic hydroxyl groups is 1. The quantitative estimate of drug-likeness (QED) is 0.453. The second kappa shape index (κ2) is 11.1. The van der Waals surface area contributed by atoms with Crippen molar-refractivity contribution in [2.24, 2.45) is 16.9 Å². The van der Waals surface area contributed by atoms with Crippen LogP contribution in [0.4, 0.5) is 0 Å². The molecular weight excluding hydrogens is 422 g/mol. The Labute approximate surface area is 195 Å². The third-order valence-corrected chi connectivity index (χ3v) is 6.91. The van der Waals surface area contributed by atoms with Gasteiger partial charge in [0.15, 0.2) is 11.5 Å². The number of carbonyl (C=O) groups excluding carboxylic acids is 1. The normalized spacial score (nSPS) is 23.9. The fourth-order valence-corrected chi connectivity index (χ4v) is 5.08. The molecule has 1 aliphatic carbocycles. The lowest BCUT2D eigenvalue weighted by Gasteiger charge is -2.42.